The highest BCUT2D eigenvalue weighted by atomic mass is 19.3. The average Bonchev–Trinajstić information content (AvgIpc) is 3.48. The summed E-state index contributed by atoms with van der Waals surface area (Å²) < 4.78 is 39.6. The van der Waals surface area contributed by atoms with E-state index in [1.165, 1.54) is 18.2 Å². The van der Waals surface area contributed by atoms with E-state index in [1.807, 2.05) is 24.4 Å². The molecule has 1 aliphatic heterocycles. The molecule has 168 valence electrons. The van der Waals surface area contributed by atoms with Crippen LogP contribution in [0.4, 0.5) is 14.5 Å². The number of amides is 1. The molecule has 1 aliphatic carbocycles. The molecule has 0 radical (unpaired) electrons. The third-order valence-corrected chi connectivity index (χ3v) is 6.09. The molecule has 1 saturated heterocycles. The third-order valence-electron chi connectivity index (χ3n) is 6.09. The molecule has 2 unspecified atom stereocenters. The normalized spacial score (nSPS) is 22.2. The number of halogens is 2. The lowest BCUT2D eigenvalue weighted by Gasteiger charge is -2.22. The maximum absolute atomic E-state index is 13.0. The van der Waals surface area contributed by atoms with Crippen LogP contribution < -0.4 is 10.1 Å². The zero-order valence-electron chi connectivity index (χ0n) is 17.8. The fourth-order valence-electron chi connectivity index (χ4n) is 4.54. The van der Waals surface area contributed by atoms with E-state index in [0.29, 0.717) is 29.8 Å². The van der Waals surface area contributed by atoms with Gasteiger partial charge in [-0.25, -0.2) is 18.7 Å². The minimum absolute atomic E-state index is 0.0567. The summed E-state index contributed by atoms with van der Waals surface area (Å²) in [5.74, 6) is -0.144. The minimum atomic E-state index is -2.75. The van der Waals surface area contributed by atoms with E-state index in [9.17, 15) is 13.6 Å². The second kappa shape index (κ2) is 7.81. The lowest BCUT2D eigenvalue weighted by atomic mass is 9.85. The van der Waals surface area contributed by atoms with Crippen LogP contribution in [0.5, 0.6) is 5.75 Å². The van der Waals surface area contributed by atoms with Crippen LogP contribution in [0.2, 0.25) is 0 Å². The van der Waals surface area contributed by atoms with E-state index < -0.39 is 18.0 Å². The van der Waals surface area contributed by atoms with Gasteiger partial charge in [-0.05, 0) is 45.2 Å². The summed E-state index contributed by atoms with van der Waals surface area (Å²) >= 11 is 0. The molecule has 3 aromatic heterocycles. The van der Waals surface area contributed by atoms with Gasteiger partial charge in [-0.15, -0.1) is 0 Å². The summed E-state index contributed by atoms with van der Waals surface area (Å²) in [6, 6.07) is 5.75. The summed E-state index contributed by atoms with van der Waals surface area (Å²) in [7, 11) is 0. The Morgan fingerprint density at radius 2 is 2.16 bits per heavy atom. The van der Waals surface area contributed by atoms with Crippen molar-refractivity contribution in [2.24, 2.45) is 0 Å². The second-order valence-corrected chi connectivity index (χ2v) is 8.77. The molecule has 1 saturated carbocycles. The second-order valence-electron chi connectivity index (χ2n) is 8.77. The largest absolute Gasteiger partial charge is 0.489 e. The minimum Gasteiger partial charge on any atom is -0.489 e. The van der Waals surface area contributed by atoms with Gasteiger partial charge in [0.05, 0.1) is 24.5 Å². The molecule has 9 heteroatoms. The fourth-order valence-corrected chi connectivity index (χ4v) is 4.54. The quantitative estimate of drug-likeness (QED) is 0.607. The number of fused-ring (bicyclic) bond motifs is 3. The zero-order valence-corrected chi connectivity index (χ0v) is 17.8. The van der Waals surface area contributed by atoms with Crippen LogP contribution in [-0.2, 0) is 10.2 Å². The summed E-state index contributed by atoms with van der Waals surface area (Å²) in [6.07, 6.45) is 4.19. The molecule has 2 fully saturated rings. The van der Waals surface area contributed by atoms with Crippen molar-refractivity contribution >= 4 is 17.2 Å². The highest BCUT2D eigenvalue weighted by Gasteiger charge is 2.48. The van der Waals surface area contributed by atoms with E-state index in [4.69, 9.17) is 14.5 Å². The predicted molar refractivity (Wildman–Crippen MR) is 113 cm³/mol. The Balaban J connectivity index is 1.49. The number of aromatic nitrogens is 3. The molecule has 2 bridgehead atoms. The van der Waals surface area contributed by atoms with E-state index in [0.717, 1.165) is 25.0 Å². The lowest BCUT2D eigenvalue weighted by Crippen LogP contribution is -2.25. The average molecular weight is 442 g/mol. The number of alkyl halides is 2. The number of ether oxygens (including phenoxy) is 2. The van der Waals surface area contributed by atoms with Gasteiger partial charge in [0.25, 0.3) is 12.3 Å². The van der Waals surface area contributed by atoms with Crippen molar-refractivity contribution in [3.05, 3.63) is 53.7 Å². The first-order chi connectivity index (χ1) is 15.3. The van der Waals surface area contributed by atoms with Crippen LogP contribution >= 0.6 is 0 Å². The van der Waals surface area contributed by atoms with Gasteiger partial charge in [0, 0.05) is 23.9 Å². The molecule has 3 aromatic rings. The van der Waals surface area contributed by atoms with Crippen LogP contribution in [0.1, 0.15) is 61.4 Å². The number of nitrogens with zero attached hydrogens (tertiary/aromatic N) is 3. The van der Waals surface area contributed by atoms with Crippen molar-refractivity contribution in [3.8, 4) is 5.75 Å². The summed E-state index contributed by atoms with van der Waals surface area (Å²) in [4.78, 5) is 21.4. The third kappa shape index (κ3) is 3.70. The first-order valence-corrected chi connectivity index (χ1v) is 10.7. The van der Waals surface area contributed by atoms with E-state index in [-0.39, 0.29) is 17.2 Å². The van der Waals surface area contributed by atoms with Crippen LogP contribution in [-0.4, -0.2) is 39.1 Å². The Morgan fingerprint density at radius 1 is 1.31 bits per heavy atom. The van der Waals surface area contributed by atoms with Gasteiger partial charge in [-0.3, -0.25) is 4.79 Å². The molecule has 1 amide bonds. The van der Waals surface area contributed by atoms with Crippen molar-refractivity contribution in [2.45, 2.75) is 57.2 Å². The predicted octanol–water partition coefficient (Wildman–Crippen LogP) is 4.53. The van der Waals surface area contributed by atoms with Crippen LogP contribution in [0.3, 0.4) is 0 Å². The molecule has 7 nitrogen and oxygen atoms in total. The maximum atomic E-state index is 13.0. The van der Waals surface area contributed by atoms with E-state index in [1.54, 1.807) is 12.3 Å². The van der Waals surface area contributed by atoms with Crippen molar-refractivity contribution in [2.75, 3.05) is 11.9 Å². The van der Waals surface area contributed by atoms with Crippen molar-refractivity contribution in [1.29, 1.82) is 0 Å². The van der Waals surface area contributed by atoms with Gasteiger partial charge in [0.2, 0.25) is 0 Å². The lowest BCUT2D eigenvalue weighted by molar-refractivity contribution is 0.0692. The van der Waals surface area contributed by atoms with Crippen LogP contribution in [0.25, 0.3) is 5.65 Å². The Kier molecular flexibility index (Phi) is 5.08. The smallest absolute Gasteiger partial charge is 0.280 e. The number of rotatable bonds is 6. The Labute approximate surface area is 183 Å². The monoisotopic (exact) mass is 442 g/mol. The van der Waals surface area contributed by atoms with E-state index in [2.05, 4.69) is 10.3 Å². The van der Waals surface area contributed by atoms with E-state index >= 15 is 0 Å². The topological polar surface area (TPSA) is 77.8 Å². The Bertz CT molecular complexity index is 1170. The van der Waals surface area contributed by atoms with Gasteiger partial charge >= 0.3 is 0 Å². The van der Waals surface area contributed by atoms with Gasteiger partial charge in [0.15, 0.2) is 0 Å². The van der Waals surface area contributed by atoms with Gasteiger partial charge in [-0.1, -0.05) is 6.07 Å². The number of pyridine rings is 2. The van der Waals surface area contributed by atoms with Crippen molar-refractivity contribution < 1.29 is 23.0 Å². The van der Waals surface area contributed by atoms with Gasteiger partial charge in [0.1, 0.15) is 28.5 Å². The molecule has 5 rings (SSSR count). The molecule has 2 atom stereocenters. The standard InChI is InChI=1S/C23H24F2N4O3/c1-13(2)32-18-8-20-28-19(23-7-6-14(9-23)31-12-23)11-29(20)10-17(18)27-22(30)16-5-3-4-15(26-16)21(24)25/h3-5,8,10-11,13-14,21H,6-7,9,12H2,1-2H3,(H,27,30). The number of hydrogen-bond acceptors (Lipinski definition) is 5. The number of imidazole rings is 1. The van der Waals surface area contributed by atoms with Crippen LogP contribution in [0.15, 0.2) is 36.7 Å². The highest BCUT2D eigenvalue weighted by molar-refractivity contribution is 6.03. The van der Waals surface area contributed by atoms with Crippen molar-refractivity contribution in [1.82, 2.24) is 14.4 Å². The molecular formula is C23H24F2N4O3. The van der Waals surface area contributed by atoms with Gasteiger partial charge in [-0.2, -0.15) is 0 Å². The Morgan fingerprint density at radius 3 is 2.81 bits per heavy atom. The number of carbonyl (C=O) groups is 1. The molecule has 2 aliphatic rings. The van der Waals surface area contributed by atoms with Gasteiger partial charge < -0.3 is 19.2 Å². The number of hydrogen-bond donors (Lipinski definition) is 1. The van der Waals surface area contributed by atoms with Crippen LogP contribution in [0, 0.1) is 0 Å². The molecular weight excluding hydrogens is 418 g/mol. The highest BCUT2D eigenvalue weighted by Crippen LogP contribution is 2.47. The molecule has 0 spiro atoms. The molecule has 32 heavy (non-hydrogen) atoms. The number of nitrogens with one attached hydrogen (secondary N) is 1. The SMILES string of the molecule is CC(C)Oc1cc2nc(C34CCC(C3)OC4)cn2cc1NC(=O)c1cccc(C(F)F)n1. The fraction of sp³-hybridized carbons (Fsp3) is 0.435. The first kappa shape index (κ1) is 20.8. The molecule has 1 N–H and O–H groups in total. The molecule has 0 aromatic carbocycles. The summed E-state index contributed by atoms with van der Waals surface area (Å²) in [6.45, 7) is 4.44. The molecule has 4 heterocycles. The number of anilines is 1. The maximum Gasteiger partial charge on any atom is 0.280 e. The Hall–Kier alpha value is -3.07. The van der Waals surface area contributed by atoms with Crippen molar-refractivity contribution in [3.63, 3.8) is 0 Å². The summed E-state index contributed by atoms with van der Waals surface area (Å²) in [5.41, 5.74) is 1.49. The number of carbonyl (C=O) groups excluding carboxylic acids is 1. The first-order valence-electron chi connectivity index (χ1n) is 10.7. The summed E-state index contributed by atoms with van der Waals surface area (Å²) in [5, 5.41) is 2.76. The zero-order chi connectivity index (χ0) is 22.5.